The average Bonchev–Trinajstić information content (AvgIpc) is 2.51. The van der Waals surface area contributed by atoms with Crippen molar-refractivity contribution in [3.05, 3.63) is 96.1 Å². The third kappa shape index (κ3) is 2.52. The molecule has 0 aliphatic rings. The third-order valence-electron chi connectivity index (χ3n) is 3.14. The van der Waals surface area contributed by atoms with Crippen LogP contribution in [0.4, 0.5) is 0 Å². The lowest BCUT2D eigenvalue weighted by atomic mass is 9.89. The van der Waals surface area contributed by atoms with Crippen molar-refractivity contribution in [2.24, 2.45) is 0 Å². The molecule has 0 N–H and O–H groups in total. The Balaban J connectivity index is 2.12. The van der Waals surface area contributed by atoms with Gasteiger partial charge in [-0.2, -0.15) is 0 Å². The van der Waals surface area contributed by atoms with Gasteiger partial charge in [0.2, 0.25) is 0 Å². The second kappa shape index (κ2) is 5.44. The van der Waals surface area contributed by atoms with Gasteiger partial charge in [-0.1, -0.05) is 60.7 Å². The molecule has 0 unspecified atom stereocenters. The lowest BCUT2D eigenvalue weighted by molar-refractivity contribution is 0.901. The van der Waals surface area contributed by atoms with Crippen LogP contribution in [0.2, 0.25) is 0 Å². The minimum absolute atomic E-state index is 0.135. The zero-order chi connectivity index (χ0) is 12.9. The summed E-state index contributed by atoms with van der Waals surface area (Å²) in [5.41, 5.74) is 3.43. The summed E-state index contributed by atoms with van der Waals surface area (Å²) in [4.78, 5) is 8.66. The van der Waals surface area contributed by atoms with Crippen molar-refractivity contribution in [1.82, 2.24) is 9.97 Å². The Labute approximate surface area is 112 Å². The van der Waals surface area contributed by atoms with Crippen molar-refractivity contribution in [1.29, 1.82) is 0 Å². The molecule has 3 rings (SSSR count). The molecule has 0 aliphatic heterocycles. The van der Waals surface area contributed by atoms with Crippen LogP contribution in [0.3, 0.4) is 0 Å². The van der Waals surface area contributed by atoms with Gasteiger partial charge in [-0.3, -0.25) is 9.97 Å². The lowest BCUT2D eigenvalue weighted by Gasteiger charge is -2.17. The predicted molar refractivity (Wildman–Crippen MR) is 75.9 cm³/mol. The van der Waals surface area contributed by atoms with E-state index in [0.717, 1.165) is 5.69 Å². The summed E-state index contributed by atoms with van der Waals surface area (Å²) < 4.78 is 0. The Hall–Kier alpha value is -2.48. The van der Waals surface area contributed by atoms with Crippen LogP contribution in [0, 0.1) is 0 Å². The molecule has 0 radical (unpaired) electrons. The normalized spacial score (nSPS) is 10.6. The molecule has 0 spiro atoms. The Morgan fingerprint density at radius 1 is 0.684 bits per heavy atom. The number of nitrogens with zero attached hydrogens (tertiary/aromatic N) is 2. The van der Waals surface area contributed by atoms with E-state index in [-0.39, 0.29) is 5.92 Å². The minimum Gasteiger partial charge on any atom is -0.261 e. The molecular weight excluding hydrogens is 232 g/mol. The highest BCUT2D eigenvalue weighted by atomic mass is 14.8. The second-order valence-electron chi connectivity index (χ2n) is 4.38. The molecule has 0 atom stereocenters. The standard InChI is InChI=1S/C17H14N2/c1-3-7-14(8-4-1)17(15-9-5-2-6-10-15)16-13-18-11-12-19-16/h1-13,17H. The molecule has 1 heterocycles. The highest BCUT2D eigenvalue weighted by molar-refractivity contribution is 5.39. The zero-order valence-corrected chi connectivity index (χ0v) is 10.5. The lowest BCUT2D eigenvalue weighted by Crippen LogP contribution is -2.05. The molecule has 0 saturated carbocycles. The van der Waals surface area contributed by atoms with Gasteiger partial charge in [0.25, 0.3) is 0 Å². The molecule has 3 aromatic rings. The minimum atomic E-state index is 0.135. The molecule has 0 amide bonds. The van der Waals surface area contributed by atoms with Crippen LogP contribution in [0.5, 0.6) is 0 Å². The van der Waals surface area contributed by atoms with E-state index in [1.54, 1.807) is 12.4 Å². The van der Waals surface area contributed by atoms with E-state index < -0.39 is 0 Å². The molecule has 0 saturated heterocycles. The molecule has 0 aliphatic carbocycles. The van der Waals surface area contributed by atoms with Gasteiger partial charge in [0, 0.05) is 18.6 Å². The molecule has 2 heteroatoms. The number of hydrogen-bond acceptors (Lipinski definition) is 2. The van der Waals surface area contributed by atoms with Gasteiger partial charge in [-0.05, 0) is 11.1 Å². The molecule has 2 nitrogen and oxygen atoms in total. The quantitative estimate of drug-likeness (QED) is 0.705. The summed E-state index contributed by atoms with van der Waals surface area (Å²) >= 11 is 0. The van der Waals surface area contributed by atoms with Crippen molar-refractivity contribution in [3.8, 4) is 0 Å². The van der Waals surface area contributed by atoms with Crippen molar-refractivity contribution in [2.45, 2.75) is 5.92 Å². The molecule has 0 fully saturated rings. The summed E-state index contributed by atoms with van der Waals surface area (Å²) in [6, 6.07) is 20.8. The first-order valence-corrected chi connectivity index (χ1v) is 6.31. The monoisotopic (exact) mass is 246 g/mol. The highest BCUT2D eigenvalue weighted by Crippen LogP contribution is 2.29. The Bertz CT molecular complexity index is 527. The first kappa shape index (κ1) is 11.6. The van der Waals surface area contributed by atoms with E-state index in [2.05, 4.69) is 58.5 Å². The Morgan fingerprint density at radius 2 is 1.26 bits per heavy atom. The van der Waals surface area contributed by atoms with Gasteiger partial charge in [0.15, 0.2) is 0 Å². The smallest absolute Gasteiger partial charge is 0.0705 e. The van der Waals surface area contributed by atoms with Crippen molar-refractivity contribution in [2.75, 3.05) is 0 Å². The van der Waals surface area contributed by atoms with Crippen LogP contribution in [0.15, 0.2) is 79.3 Å². The van der Waals surface area contributed by atoms with Crippen LogP contribution in [0.1, 0.15) is 22.7 Å². The maximum Gasteiger partial charge on any atom is 0.0705 e. The van der Waals surface area contributed by atoms with Crippen molar-refractivity contribution < 1.29 is 0 Å². The summed E-state index contributed by atoms with van der Waals surface area (Å²) in [7, 11) is 0. The van der Waals surface area contributed by atoms with Gasteiger partial charge in [0.1, 0.15) is 0 Å². The fraction of sp³-hybridized carbons (Fsp3) is 0.0588. The molecular formula is C17H14N2. The van der Waals surface area contributed by atoms with E-state index >= 15 is 0 Å². The molecule has 0 bridgehead atoms. The first-order chi connectivity index (χ1) is 9.45. The van der Waals surface area contributed by atoms with Crippen molar-refractivity contribution in [3.63, 3.8) is 0 Å². The zero-order valence-electron chi connectivity index (χ0n) is 10.5. The number of rotatable bonds is 3. The van der Waals surface area contributed by atoms with Gasteiger partial charge >= 0.3 is 0 Å². The van der Waals surface area contributed by atoms with E-state index in [1.165, 1.54) is 11.1 Å². The van der Waals surface area contributed by atoms with E-state index in [9.17, 15) is 0 Å². The second-order valence-corrected chi connectivity index (χ2v) is 4.38. The number of hydrogen-bond donors (Lipinski definition) is 0. The maximum absolute atomic E-state index is 4.47. The highest BCUT2D eigenvalue weighted by Gasteiger charge is 2.17. The van der Waals surface area contributed by atoms with E-state index in [4.69, 9.17) is 0 Å². The van der Waals surface area contributed by atoms with Crippen molar-refractivity contribution >= 4 is 0 Å². The van der Waals surface area contributed by atoms with Gasteiger partial charge < -0.3 is 0 Å². The molecule has 19 heavy (non-hydrogen) atoms. The third-order valence-corrected chi connectivity index (χ3v) is 3.14. The van der Waals surface area contributed by atoms with Crippen LogP contribution in [-0.4, -0.2) is 9.97 Å². The summed E-state index contributed by atoms with van der Waals surface area (Å²) in [5.74, 6) is 0.135. The Morgan fingerprint density at radius 3 is 1.74 bits per heavy atom. The average molecular weight is 246 g/mol. The fourth-order valence-electron chi connectivity index (χ4n) is 2.28. The van der Waals surface area contributed by atoms with Gasteiger partial charge in [0.05, 0.1) is 11.6 Å². The van der Waals surface area contributed by atoms with E-state index in [1.807, 2.05) is 18.3 Å². The van der Waals surface area contributed by atoms with Crippen LogP contribution in [-0.2, 0) is 0 Å². The van der Waals surface area contributed by atoms with Gasteiger partial charge in [-0.15, -0.1) is 0 Å². The molecule has 2 aromatic carbocycles. The molecule has 1 aromatic heterocycles. The number of benzene rings is 2. The largest absolute Gasteiger partial charge is 0.261 e. The predicted octanol–water partition coefficient (Wildman–Crippen LogP) is 3.66. The Kier molecular flexibility index (Phi) is 3.32. The fourth-order valence-corrected chi connectivity index (χ4v) is 2.28. The first-order valence-electron chi connectivity index (χ1n) is 6.31. The SMILES string of the molecule is c1ccc(C(c2ccccc2)c2cnccn2)cc1. The van der Waals surface area contributed by atoms with Crippen LogP contribution >= 0.6 is 0 Å². The molecule has 92 valence electrons. The van der Waals surface area contributed by atoms with Gasteiger partial charge in [-0.25, -0.2) is 0 Å². The van der Waals surface area contributed by atoms with Crippen LogP contribution < -0.4 is 0 Å². The summed E-state index contributed by atoms with van der Waals surface area (Å²) in [6.45, 7) is 0. The summed E-state index contributed by atoms with van der Waals surface area (Å²) in [6.07, 6.45) is 5.29. The van der Waals surface area contributed by atoms with E-state index in [0.29, 0.717) is 0 Å². The number of aromatic nitrogens is 2. The maximum atomic E-state index is 4.47. The summed E-state index contributed by atoms with van der Waals surface area (Å²) in [5, 5.41) is 0. The van der Waals surface area contributed by atoms with Crippen LogP contribution in [0.25, 0.3) is 0 Å². The topological polar surface area (TPSA) is 25.8 Å².